The Kier molecular flexibility index (Phi) is 6.67. The fourth-order valence-corrected chi connectivity index (χ4v) is 6.73. The molecular formula is C29H39ClFN3O4. The molecule has 208 valence electrons. The number of likely N-dealkylation sites (tertiary alicyclic amines) is 1. The Bertz CT molecular complexity index is 1230. The largest absolute Gasteiger partial charge is 0.444 e. The normalized spacial score (nSPS) is 27.3. The second-order valence-corrected chi connectivity index (χ2v) is 13.1. The quantitative estimate of drug-likeness (QED) is 0.368. The van der Waals surface area contributed by atoms with Crippen LogP contribution in [0.15, 0.2) is 0 Å². The highest BCUT2D eigenvalue weighted by Crippen LogP contribution is 2.62. The lowest BCUT2D eigenvalue weighted by Gasteiger charge is -2.26. The molecule has 9 heteroatoms. The molecule has 38 heavy (non-hydrogen) atoms. The molecule has 2 aromatic rings. The van der Waals surface area contributed by atoms with Gasteiger partial charge < -0.3 is 23.7 Å². The number of aromatic nitrogens is 2. The van der Waals surface area contributed by atoms with E-state index < -0.39 is 11.4 Å². The van der Waals surface area contributed by atoms with Crippen LogP contribution in [0.25, 0.3) is 10.9 Å². The summed E-state index contributed by atoms with van der Waals surface area (Å²) in [5.74, 6) is 0.479. The summed E-state index contributed by atoms with van der Waals surface area (Å²) >= 11 is 6.38. The molecule has 0 spiro atoms. The van der Waals surface area contributed by atoms with Crippen molar-refractivity contribution in [2.24, 2.45) is 11.8 Å². The summed E-state index contributed by atoms with van der Waals surface area (Å²) in [6.45, 7) is 12.2. The van der Waals surface area contributed by atoms with Crippen molar-refractivity contribution in [3.05, 3.63) is 27.9 Å². The zero-order valence-corrected chi connectivity index (χ0v) is 23.8. The lowest BCUT2D eigenvalue weighted by molar-refractivity contribution is -0.169. The van der Waals surface area contributed by atoms with E-state index in [1.54, 1.807) is 0 Å². The van der Waals surface area contributed by atoms with Crippen LogP contribution in [0.1, 0.15) is 102 Å². The van der Waals surface area contributed by atoms with Crippen molar-refractivity contribution in [2.45, 2.75) is 103 Å². The van der Waals surface area contributed by atoms with Crippen molar-refractivity contribution >= 4 is 28.6 Å². The molecule has 7 nitrogen and oxygen atoms in total. The number of piperidine rings is 1. The van der Waals surface area contributed by atoms with Crippen molar-refractivity contribution in [1.29, 1.82) is 0 Å². The third-order valence-corrected chi connectivity index (χ3v) is 8.64. The number of ether oxygens (including phenoxy) is 3. The van der Waals surface area contributed by atoms with Gasteiger partial charge in [-0.3, -0.25) is 0 Å². The number of hydrogen-bond donors (Lipinski definition) is 0. The van der Waals surface area contributed by atoms with Crippen molar-refractivity contribution in [1.82, 2.24) is 14.5 Å². The minimum absolute atomic E-state index is 0.0673. The van der Waals surface area contributed by atoms with Gasteiger partial charge in [0.1, 0.15) is 5.60 Å². The smallest absolute Gasteiger partial charge is 0.410 e. The Balaban J connectivity index is 1.40. The lowest BCUT2D eigenvalue weighted by Crippen LogP contribution is -2.37. The maximum Gasteiger partial charge on any atom is 0.410 e. The molecule has 0 bridgehead atoms. The molecule has 3 atom stereocenters. The number of fused-ring (bicyclic) bond motifs is 2. The van der Waals surface area contributed by atoms with Gasteiger partial charge in [-0.25, -0.2) is 14.2 Å². The topological polar surface area (TPSA) is 65.8 Å². The molecule has 4 heterocycles. The van der Waals surface area contributed by atoms with Gasteiger partial charge in [-0.15, -0.1) is 0 Å². The Morgan fingerprint density at radius 1 is 1.18 bits per heavy atom. The Hall–Kier alpha value is -1.90. The maximum atomic E-state index is 15.8. The summed E-state index contributed by atoms with van der Waals surface area (Å²) in [5.41, 5.74) is 3.06. The average Bonchev–Trinajstić information content (AvgIpc) is 3.74. The van der Waals surface area contributed by atoms with E-state index in [9.17, 15) is 4.79 Å². The molecule has 2 aromatic heterocycles. The number of carbonyl (C=O) groups excluding carboxylic acids is 1. The predicted octanol–water partition coefficient (Wildman–Crippen LogP) is 6.91. The number of carbonyl (C=O) groups is 1. The first-order chi connectivity index (χ1) is 18.0. The van der Waals surface area contributed by atoms with Gasteiger partial charge in [0.15, 0.2) is 17.3 Å². The van der Waals surface area contributed by atoms with Crippen LogP contribution in [0.2, 0.25) is 5.15 Å². The first-order valence-electron chi connectivity index (χ1n) is 14.2. The van der Waals surface area contributed by atoms with E-state index in [-0.39, 0.29) is 35.4 Å². The minimum Gasteiger partial charge on any atom is -0.444 e. The van der Waals surface area contributed by atoms with E-state index >= 15 is 4.39 Å². The molecule has 0 N–H and O–H groups in total. The second kappa shape index (κ2) is 9.63. The summed E-state index contributed by atoms with van der Waals surface area (Å²) in [7, 11) is 0. The maximum absolute atomic E-state index is 15.8. The number of nitrogens with zero attached hydrogens (tertiary/aromatic N) is 3. The minimum atomic E-state index is -0.527. The lowest BCUT2D eigenvalue weighted by atomic mass is 9.97. The van der Waals surface area contributed by atoms with Crippen molar-refractivity contribution < 1.29 is 23.4 Å². The molecule has 2 aliphatic heterocycles. The molecule has 4 fully saturated rings. The second-order valence-electron chi connectivity index (χ2n) is 12.8. The van der Waals surface area contributed by atoms with Gasteiger partial charge >= 0.3 is 6.09 Å². The summed E-state index contributed by atoms with van der Waals surface area (Å²) in [6, 6.07) is 0.238. The first kappa shape index (κ1) is 26.3. The standard InChI is InChI=1S/C29H39ClFN3O4/c1-15(2)25-23-22(21-17-12-33(13-18(17)21)28(35)38-29(3,4)5)19(14-37-20-8-6-7-11-36-20)34(16-9-10-16)26(23)24(31)27(30)32-25/h15-18,20-21H,6-14H2,1-5H3. The molecule has 6 rings (SSSR count). The van der Waals surface area contributed by atoms with Crippen LogP contribution in [0, 0.1) is 17.7 Å². The van der Waals surface area contributed by atoms with Crippen molar-refractivity contribution in [2.75, 3.05) is 19.7 Å². The highest BCUT2D eigenvalue weighted by molar-refractivity contribution is 6.30. The Labute approximate surface area is 228 Å². The predicted molar refractivity (Wildman–Crippen MR) is 143 cm³/mol. The van der Waals surface area contributed by atoms with E-state index in [4.69, 9.17) is 25.8 Å². The van der Waals surface area contributed by atoms with Gasteiger partial charge in [0.2, 0.25) is 0 Å². The SMILES string of the molecule is CC(C)c1nc(Cl)c(F)c2c1c(C1C3CN(C(=O)OC(C)(C)C)CC31)c(COC1CCCCO1)n2C1CC1. The van der Waals surface area contributed by atoms with Crippen LogP contribution in [0.4, 0.5) is 9.18 Å². The van der Waals surface area contributed by atoms with Gasteiger partial charge in [0, 0.05) is 36.8 Å². The van der Waals surface area contributed by atoms with Gasteiger partial charge in [0.05, 0.1) is 17.8 Å². The molecule has 1 amide bonds. The Morgan fingerprint density at radius 2 is 1.89 bits per heavy atom. The zero-order valence-electron chi connectivity index (χ0n) is 23.1. The van der Waals surface area contributed by atoms with E-state index in [0.717, 1.165) is 54.4 Å². The van der Waals surface area contributed by atoms with Crippen LogP contribution < -0.4 is 0 Å². The molecule has 2 aliphatic carbocycles. The first-order valence-corrected chi connectivity index (χ1v) is 14.6. The molecular weight excluding hydrogens is 509 g/mol. The third-order valence-electron chi connectivity index (χ3n) is 8.39. The zero-order chi connectivity index (χ0) is 26.9. The fraction of sp³-hybridized carbons (Fsp3) is 0.724. The van der Waals surface area contributed by atoms with Crippen LogP contribution in [0.3, 0.4) is 0 Å². The molecule has 2 saturated carbocycles. The molecule has 0 radical (unpaired) electrons. The number of amides is 1. The number of halogens is 2. The monoisotopic (exact) mass is 547 g/mol. The summed E-state index contributed by atoms with van der Waals surface area (Å²) in [4.78, 5) is 19.1. The number of rotatable bonds is 6. The van der Waals surface area contributed by atoms with E-state index in [1.807, 2.05) is 25.7 Å². The molecule has 2 saturated heterocycles. The fourth-order valence-electron chi connectivity index (χ4n) is 6.54. The Morgan fingerprint density at radius 3 is 2.47 bits per heavy atom. The third kappa shape index (κ3) is 4.71. The van der Waals surface area contributed by atoms with Crippen LogP contribution >= 0.6 is 11.6 Å². The van der Waals surface area contributed by atoms with E-state index in [1.165, 1.54) is 0 Å². The highest BCUT2D eigenvalue weighted by atomic mass is 35.5. The van der Waals surface area contributed by atoms with E-state index in [0.29, 0.717) is 43.7 Å². The van der Waals surface area contributed by atoms with Crippen LogP contribution in [-0.2, 0) is 20.8 Å². The van der Waals surface area contributed by atoms with Crippen LogP contribution in [-0.4, -0.2) is 52.1 Å². The van der Waals surface area contributed by atoms with Gasteiger partial charge in [-0.1, -0.05) is 25.4 Å². The van der Waals surface area contributed by atoms with Gasteiger partial charge in [0.25, 0.3) is 0 Å². The van der Waals surface area contributed by atoms with Crippen molar-refractivity contribution in [3.8, 4) is 0 Å². The highest BCUT2D eigenvalue weighted by Gasteiger charge is 2.59. The number of pyridine rings is 1. The molecule has 3 unspecified atom stereocenters. The summed E-state index contributed by atoms with van der Waals surface area (Å²) in [6.07, 6.45) is 4.54. The van der Waals surface area contributed by atoms with Crippen LogP contribution in [0.5, 0.6) is 0 Å². The number of hydrogen-bond acceptors (Lipinski definition) is 5. The van der Waals surface area contributed by atoms with E-state index in [2.05, 4.69) is 23.4 Å². The molecule has 0 aromatic carbocycles. The van der Waals surface area contributed by atoms with Gasteiger partial charge in [-0.2, -0.15) is 0 Å². The average molecular weight is 548 g/mol. The molecule has 4 aliphatic rings. The van der Waals surface area contributed by atoms with Gasteiger partial charge in [-0.05, 0) is 82.1 Å². The van der Waals surface area contributed by atoms with Crippen molar-refractivity contribution in [3.63, 3.8) is 0 Å². The summed E-state index contributed by atoms with van der Waals surface area (Å²) in [5, 5.41) is 0.836. The summed E-state index contributed by atoms with van der Waals surface area (Å²) < 4.78 is 35.8.